The molecule has 26 heavy (non-hydrogen) atoms. The predicted octanol–water partition coefficient (Wildman–Crippen LogP) is 2.65. The lowest BCUT2D eigenvalue weighted by molar-refractivity contribution is 0.434. The average Bonchev–Trinajstić information content (AvgIpc) is 2.87. The van der Waals surface area contributed by atoms with Gasteiger partial charge in [0.15, 0.2) is 0 Å². The van der Waals surface area contributed by atoms with Gasteiger partial charge in [-0.15, -0.1) is 0 Å². The molecule has 1 N–H and O–H groups in total. The third-order valence-corrected chi connectivity index (χ3v) is 5.27. The molecule has 0 bridgehead atoms. The van der Waals surface area contributed by atoms with E-state index in [1.807, 2.05) is 30.6 Å². The van der Waals surface area contributed by atoms with Gasteiger partial charge in [0, 0.05) is 32.9 Å². The number of rotatable bonds is 3. The molecule has 0 aliphatic carbocycles. The van der Waals surface area contributed by atoms with Crippen LogP contribution >= 0.6 is 0 Å². The second-order valence-corrected chi connectivity index (χ2v) is 7.17. The average molecular weight is 352 g/mol. The normalized spacial score (nSPS) is 15.6. The van der Waals surface area contributed by atoms with Crippen molar-refractivity contribution < 1.29 is 0 Å². The Bertz CT molecular complexity index is 980. The molecule has 7 nitrogen and oxygen atoms in total. The third-order valence-electron chi connectivity index (χ3n) is 5.27. The summed E-state index contributed by atoms with van der Waals surface area (Å²) in [5.41, 5.74) is 3.51. The summed E-state index contributed by atoms with van der Waals surface area (Å²) in [7, 11) is 3.57. The number of aryl methyl sites for hydroxylation is 2. The topological polar surface area (TPSA) is 68.0 Å². The molecule has 3 heterocycles. The van der Waals surface area contributed by atoms with Gasteiger partial charge in [-0.25, -0.2) is 14.8 Å². The Morgan fingerprint density at radius 2 is 1.65 bits per heavy atom. The highest BCUT2D eigenvalue weighted by atomic mass is 16.1. The van der Waals surface area contributed by atoms with E-state index in [0.29, 0.717) is 0 Å². The van der Waals surface area contributed by atoms with Gasteiger partial charge >= 0.3 is 5.69 Å². The van der Waals surface area contributed by atoms with Gasteiger partial charge in [-0.05, 0) is 37.0 Å². The highest BCUT2D eigenvalue weighted by molar-refractivity contribution is 5.81. The van der Waals surface area contributed by atoms with Crippen molar-refractivity contribution in [3.63, 3.8) is 0 Å². The van der Waals surface area contributed by atoms with Gasteiger partial charge in [0.05, 0.1) is 29.1 Å². The summed E-state index contributed by atoms with van der Waals surface area (Å²) in [6.45, 7) is 4.34. The molecule has 0 atom stereocenters. The van der Waals surface area contributed by atoms with Crippen LogP contribution in [-0.4, -0.2) is 32.2 Å². The molecule has 0 amide bonds. The number of hydrogen-bond donors (Lipinski definition) is 1. The van der Waals surface area contributed by atoms with Crippen molar-refractivity contribution in [1.82, 2.24) is 19.1 Å². The van der Waals surface area contributed by atoms with Crippen molar-refractivity contribution >= 4 is 28.4 Å². The first kappa shape index (κ1) is 16.6. The molecule has 7 heteroatoms. The van der Waals surface area contributed by atoms with Crippen molar-refractivity contribution in [1.29, 1.82) is 0 Å². The van der Waals surface area contributed by atoms with Crippen LogP contribution in [0.2, 0.25) is 0 Å². The van der Waals surface area contributed by atoms with Gasteiger partial charge in [0.2, 0.25) is 5.95 Å². The van der Waals surface area contributed by atoms with E-state index in [9.17, 15) is 4.79 Å². The van der Waals surface area contributed by atoms with Gasteiger partial charge in [-0.1, -0.05) is 6.92 Å². The van der Waals surface area contributed by atoms with E-state index in [1.165, 1.54) is 12.8 Å². The van der Waals surface area contributed by atoms with Crippen LogP contribution in [0, 0.1) is 5.92 Å². The van der Waals surface area contributed by atoms with Gasteiger partial charge in [0.1, 0.15) is 0 Å². The maximum atomic E-state index is 12.0. The number of anilines is 3. The first-order valence-electron chi connectivity index (χ1n) is 9.02. The molecule has 136 valence electrons. The molecule has 2 aromatic heterocycles. The summed E-state index contributed by atoms with van der Waals surface area (Å²) in [6.07, 6.45) is 6.02. The van der Waals surface area contributed by atoms with Crippen molar-refractivity contribution in [2.45, 2.75) is 19.8 Å². The molecule has 1 aliphatic heterocycles. The maximum absolute atomic E-state index is 12.0. The van der Waals surface area contributed by atoms with Crippen LogP contribution < -0.4 is 15.9 Å². The fourth-order valence-corrected chi connectivity index (χ4v) is 3.51. The smallest absolute Gasteiger partial charge is 0.328 e. The van der Waals surface area contributed by atoms with Crippen LogP contribution in [0.4, 0.5) is 17.3 Å². The number of aromatic nitrogens is 4. The van der Waals surface area contributed by atoms with Gasteiger partial charge < -0.3 is 10.2 Å². The number of hydrogen-bond acceptors (Lipinski definition) is 5. The molecule has 1 aromatic carbocycles. The monoisotopic (exact) mass is 352 g/mol. The summed E-state index contributed by atoms with van der Waals surface area (Å²) < 4.78 is 3.30. The van der Waals surface area contributed by atoms with Crippen molar-refractivity contribution in [2.75, 3.05) is 23.3 Å². The lowest BCUT2D eigenvalue weighted by Gasteiger charge is -2.30. The molecule has 0 radical (unpaired) electrons. The molecule has 3 aromatic rings. The van der Waals surface area contributed by atoms with Crippen LogP contribution in [0.3, 0.4) is 0 Å². The molecule has 1 saturated heterocycles. The summed E-state index contributed by atoms with van der Waals surface area (Å²) in [5.74, 6) is 1.58. The lowest BCUT2D eigenvalue weighted by Crippen LogP contribution is -2.33. The second-order valence-electron chi connectivity index (χ2n) is 7.17. The molecule has 0 unspecified atom stereocenters. The minimum Gasteiger partial charge on any atom is -0.353 e. The summed E-state index contributed by atoms with van der Waals surface area (Å²) >= 11 is 0. The van der Waals surface area contributed by atoms with Crippen LogP contribution in [-0.2, 0) is 14.1 Å². The molecular formula is C19H24N6O. The van der Waals surface area contributed by atoms with E-state index in [0.717, 1.165) is 47.4 Å². The third kappa shape index (κ3) is 2.94. The van der Waals surface area contributed by atoms with E-state index >= 15 is 0 Å². The van der Waals surface area contributed by atoms with Crippen molar-refractivity contribution in [3.8, 4) is 0 Å². The number of nitrogens with zero attached hydrogens (tertiary/aromatic N) is 5. The number of benzene rings is 1. The molecule has 1 aliphatic rings. The van der Waals surface area contributed by atoms with Crippen LogP contribution in [0.25, 0.3) is 11.0 Å². The Morgan fingerprint density at radius 1 is 1.00 bits per heavy atom. The Labute approximate surface area is 152 Å². The van der Waals surface area contributed by atoms with Crippen molar-refractivity contribution in [2.24, 2.45) is 20.0 Å². The molecule has 1 fully saturated rings. The quantitative estimate of drug-likeness (QED) is 0.785. The fourth-order valence-electron chi connectivity index (χ4n) is 3.51. The zero-order valence-electron chi connectivity index (χ0n) is 15.4. The second kappa shape index (κ2) is 6.48. The standard InChI is InChI=1S/C19H24N6O/c1-13-6-8-25(9-7-13)18-20-11-15(12-21-18)22-14-4-5-16-17(10-14)24(3)19(26)23(16)2/h4-5,10-13,22H,6-9H2,1-3H3. The van der Waals surface area contributed by atoms with E-state index in [-0.39, 0.29) is 5.69 Å². The first-order chi connectivity index (χ1) is 12.5. The Kier molecular flexibility index (Phi) is 4.14. The van der Waals surface area contributed by atoms with Crippen molar-refractivity contribution in [3.05, 3.63) is 41.1 Å². The molecular weight excluding hydrogens is 328 g/mol. The van der Waals surface area contributed by atoms with Crippen LogP contribution in [0.1, 0.15) is 19.8 Å². The van der Waals surface area contributed by atoms with E-state index < -0.39 is 0 Å². The Hall–Kier alpha value is -2.83. The Morgan fingerprint density at radius 3 is 2.35 bits per heavy atom. The largest absolute Gasteiger partial charge is 0.353 e. The number of piperidine rings is 1. The van der Waals surface area contributed by atoms with Crippen LogP contribution in [0.5, 0.6) is 0 Å². The highest BCUT2D eigenvalue weighted by Gasteiger charge is 2.17. The maximum Gasteiger partial charge on any atom is 0.328 e. The summed E-state index contributed by atoms with van der Waals surface area (Å²) in [5, 5.41) is 3.32. The highest BCUT2D eigenvalue weighted by Crippen LogP contribution is 2.23. The van der Waals surface area contributed by atoms with Crippen LogP contribution in [0.15, 0.2) is 35.4 Å². The summed E-state index contributed by atoms with van der Waals surface area (Å²) in [4.78, 5) is 23.3. The first-order valence-corrected chi connectivity index (χ1v) is 9.02. The van der Waals surface area contributed by atoms with E-state index in [1.54, 1.807) is 23.2 Å². The fraction of sp³-hybridized carbons (Fsp3) is 0.421. The van der Waals surface area contributed by atoms with Gasteiger partial charge in [0.25, 0.3) is 0 Å². The number of nitrogens with one attached hydrogen (secondary N) is 1. The van der Waals surface area contributed by atoms with Gasteiger partial charge in [-0.2, -0.15) is 0 Å². The molecule has 4 rings (SSSR count). The minimum atomic E-state index is -0.0271. The molecule has 0 saturated carbocycles. The SMILES string of the molecule is CC1CCN(c2ncc(Nc3ccc4c(c3)n(C)c(=O)n4C)cn2)CC1. The minimum absolute atomic E-state index is 0.0271. The van der Waals surface area contributed by atoms with E-state index in [2.05, 4.69) is 27.1 Å². The van der Waals surface area contributed by atoms with E-state index in [4.69, 9.17) is 0 Å². The Balaban J connectivity index is 1.53. The lowest BCUT2D eigenvalue weighted by atomic mass is 10.00. The zero-order valence-corrected chi connectivity index (χ0v) is 15.4. The number of imidazole rings is 1. The zero-order chi connectivity index (χ0) is 18.3. The predicted molar refractivity (Wildman–Crippen MR) is 104 cm³/mol. The summed E-state index contributed by atoms with van der Waals surface area (Å²) in [6, 6.07) is 5.88. The molecule has 0 spiro atoms. The van der Waals surface area contributed by atoms with Gasteiger partial charge in [-0.3, -0.25) is 9.13 Å². The number of fused-ring (bicyclic) bond motifs is 1.